The maximum atomic E-state index is 12.7. The highest BCUT2D eigenvalue weighted by molar-refractivity contribution is 5.87. The summed E-state index contributed by atoms with van der Waals surface area (Å²) in [5.41, 5.74) is 11.6. The number of hydrogen-bond acceptors (Lipinski definition) is 7. The van der Waals surface area contributed by atoms with Gasteiger partial charge in [0.1, 0.15) is 0 Å². The number of aliphatic hydroxyl groups is 1. The first kappa shape index (κ1) is 32.6. The molecule has 0 bridgehead atoms. The standard InChI is InChI=1S/C26H46N8O4/c27-24(37)22(19-35)21(12-5-2-6-16-33-26(28)29)25(38)32-15-8-7-13-30-14-9-17-31-23(36)18-34-20-10-3-1-4-11-20/h1,3-4,10-11,21-22,30,34-35H,2,5-9,12-19H2,(H2,27,37)(H,31,36)(H,32,38)(H4,28,29,33)/t21?,22-/m1/s1. The molecule has 0 radical (unpaired) electrons. The highest BCUT2D eigenvalue weighted by Crippen LogP contribution is 2.20. The molecule has 12 heteroatoms. The normalized spacial score (nSPS) is 12.2. The minimum Gasteiger partial charge on any atom is -0.396 e. The number of hydrogen-bond donors (Lipinski definition) is 9. The van der Waals surface area contributed by atoms with Crippen LogP contribution in [0.1, 0.15) is 44.9 Å². The van der Waals surface area contributed by atoms with Crippen LogP contribution in [0.3, 0.4) is 0 Å². The number of amides is 3. The number of nitrogens with one attached hydrogen (secondary N) is 6. The van der Waals surface area contributed by atoms with Gasteiger partial charge in [-0.1, -0.05) is 31.0 Å². The van der Waals surface area contributed by atoms with Crippen molar-refractivity contribution in [1.82, 2.24) is 21.3 Å². The molecule has 0 heterocycles. The summed E-state index contributed by atoms with van der Waals surface area (Å²) in [7, 11) is 0. The molecular weight excluding hydrogens is 488 g/mol. The fourth-order valence-corrected chi connectivity index (χ4v) is 3.90. The lowest BCUT2D eigenvalue weighted by Crippen LogP contribution is -2.42. The quantitative estimate of drug-likeness (QED) is 0.0553. The lowest BCUT2D eigenvalue weighted by molar-refractivity contribution is -0.135. The molecular formula is C26H46N8O4. The number of carbonyl (C=O) groups excluding carboxylic acids is 3. The van der Waals surface area contributed by atoms with Crippen LogP contribution in [0.2, 0.25) is 0 Å². The number of nitrogens with two attached hydrogens (primary N) is 2. The van der Waals surface area contributed by atoms with Gasteiger partial charge in [0.05, 0.1) is 25.0 Å². The Morgan fingerprint density at radius 1 is 0.789 bits per heavy atom. The Morgan fingerprint density at radius 2 is 1.42 bits per heavy atom. The zero-order valence-corrected chi connectivity index (χ0v) is 22.3. The van der Waals surface area contributed by atoms with Gasteiger partial charge in [-0.05, 0) is 57.3 Å². The lowest BCUT2D eigenvalue weighted by atomic mass is 9.86. The van der Waals surface area contributed by atoms with E-state index in [4.69, 9.17) is 16.9 Å². The first-order valence-electron chi connectivity index (χ1n) is 13.4. The number of primary amides is 1. The van der Waals surface area contributed by atoms with Gasteiger partial charge in [-0.3, -0.25) is 19.8 Å². The monoisotopic (exact) mass is 534 g/mol. The van der Waals surface area contributed by atoms with Crippen LogP contribution in [0.25, 0.3) is 0 Å². The van der Waals surface area contributed by atoms with E-state index in [-0.39, 0.29) is 24.3 Å². The molecule has 0 saturated carbocycles. The van der Waals surface area contributed by atoms with Crippen LogP contribution in [0, 0.1) is 17.2 Å². The summed E-state index contributed by atoms with van der Waals surface area (Å²) >= 11 is 0. The minimum absolute atomic E-state index is 0.0485. The maximum absolute atomic E-state index is 12.7. The smallest absolute Gasteiger partial charge is 0.239 e. The van der Waals surface area contributed by atoms with Crippen molar-refractivity contribution < 1.29 is 19.5 Å². The Labute approximate surface area is 225 Å². The predicted molar refractivity (Wildman–Crippen MR) is 149 cm³/mol. The number of carbonyl (C=O) groups is 3. The largest absolute Gasteiger partial charge is 0.396 e. The van der Waals surface area contributed by atoms with E-state index < -0.39 is 24.3 Å². The van der Waals surface area contributed by atoms with Gasteiger partial charge in [0.2, 0.25) is 17.7 Å². The molecule has 11 N–H and O–H groups in total. The van der Waals surface area contributed by atoms with Gasteiger partial charge in [-0.15, -0.1) is 0 Å². The van der Waals surface area contributed by atoms with Crippen molar-refractivity contribution in [2.75, 3.05) is 51.2 Å². The van der Waals surface area contributed by atoms with Gasteiger partial charge >= 0.3 is 0 Å². The highest BCUT2D eigenvalue weighted by atomic mass is 16.3. The second-order valence-electron chi connectivity index (χ2n) is 9.16. The van der Waals surface area contributed by atoms with Crippen molar-refractivity contribution in [2.24, 2.45) is 23.3 Å². The van der Waals surface area contributed by atoms with Crippen molar-refractivity contribution in [1.29, 1.82) is 5.41 Å². The molecule has 214 valence electrons. The van der Waals surface area contributed by atoms with Crippen LogP contribution in [-0.2, 0) is 14.4 Å². The summed E-state index contributed by atoms with van der Waals surface area (Å²) in [5, 5.41) is 31.6. The van der Waals surface area contributed by atoms with Gasteiger partial charge in [-0.2, -0.15) is 0 Å². The molecule has 0 spiro atoms. The zero-order valence-electron chi connectivity index (χ0n) is 22.3. The van der Waals surface area contributed by atoms with Crippen LogP contribution >= 0.6 is 0 Å². The first-order chi connectivity index (χ1) is 18.3. The van der Waals surface area contributed by atoms with E-state index in [9.17, 15) is 19.5 Å². The first-order valence-corrected chi connectivity index (χ1v) is 13.4. The molecule has 1 rings (SSSR count). The van der Waals surface area contributed by atoms with E-state index in [1.807, 2.05) is 30.3 Å². The van der Waals surface area contributed by atoms with Crippen LogP contribution in [0.4, 0.5) is 5.69 Å². The number of para-hydroxylation sites is 1. The topological polar surface area (TPSA) is 207 Å². The number of anilines is 1. The number of aliphatic hydroxyl groups excluding tert-OH is 1. The van der Waals surface area contributed by atoms with Gasteiger partial charge in [-0.25, -0.2) is 0 Å². The maximum Gasteiger partial charge on any atom is 0.239 e. The molecule has 0 aliphatic heterocycles. The number of unbranched alkanes of at least 4 members (excludes halogenated alkanes) is 3. The summed E-state index contributed by atoms with van der Waals surface area (Å²) in [6.45, 7) is 2.98. The molecule has 2 atom stereocenters. The number of rotatable bonds is 22. The summed E-state index contributed by atoms with van der Waals surface area (Å²) in [4.78, 5) is 36.3. The van der Waals surface area contributed by atoms with Crippen molar-refractivity contribution in [3.05, 3.63) is 30.3 Å². The fraction of sp³-hybridized carbons (Fsp3) is 0.615. The van der Waals surface area contributed by atoms with Crippen molar-refractivity contribution in [3.8, 4) is 0 Å². The molecule has 0 saturated heterocycles. The van der Waals surface area contributed by atoms with Crippen molar-refractivity contribution in [2.45, 2.75) is 44.9 Å². The SMILES string of the molecule is N=C(N)NCCCCCC(C(=O)NCCCCNCCCNC(=O)CNc1ccccc1)[C@@H](CO)C(N)=O. The van der Waals surface area contributed by atoms with E-state index in [1.54, 1.807) is 0 Å². The summed E-state index contributed by atoms with van der Waals surface area (Å²) in [5.74, 6) is -2.67. The fourth-order valence-electron chi connectivity index (χ4n) is 3.90. The number of benzene rings is 1. The molecule has 0 aromatic heterocycles. The zero-order chi connectivity index (χ0) is 28.0. The van der Waals surface area contributed by atoms with E-state index in [0.717, 1.165) is 50.9 Å². The molecule has 0 aliphatic rings. The molecule has 1 aromatic rings. The molecule has 38 heavy (non-hydrogen) atoms. The van der Waals surface area contributed by atoms with Crippen LogP contribution < -0.4 is 38.1 Å². The van der Waals surface area contributed by atoms with Crippen LogP contribution in [0.15, 0.2) is 30.3 Å². The van der Waals surface area contributed by atoms with E-state index >= 15 is 0 Å². The Hall–Kier alpha value is -3.38. The average Bonchev–Trinajstić information content (AvgIpc) is 2.89. The third kappa shape index (κ3) is 15.7. The van der Waals surface area contributed by atoms with E-state index in [2.05, 4.69) is 26.6 Å². The third-order valence-corrected chi connectivity index (χ3v) is 6.05. The van der Waals surface area contributed by atoms with Crippen LogP contribution in [0.5, 0.6) is 0 Å². The second-order valence-corrected chi connectivity index (χ2v) is 9.16. The van der Waals surface area contributed by atoms with Gasteiger partial charge < -0.3 is 43.2 Å². The molecule has 0 fully saturated rings. The number of guanidine groups is 1. The van der Waals surface area contributed by atoms with Crippen molar-refractivity contribution in [3.63, 3.8) is 0 Å². The Balaban J connectivity index is 2.13. The van der Waals surface area contributed by atoms with Crippen LogP contribution in [-0.4, -0.2) is 74.7 Å². The Morgan fingerprint density at radius 3 is 2.11 bits per heavy atom. The molecule has 12 nitrogen and oxygen atoms in total. The third-order valence-electron chi connectivity index (χ3n) is 6.05. The van der Waals surface area contributed by atoms with Crippen molar-refractivity contribution >= 4 is 29.4 Å². The summed E-state index contributed by atoms with van der Waals surface area (Å²) < 4.78 is 0. The molecule has 1 aromatic carbocycles. The molecule has 3 amide bonds. The summed E-state index contributed by atoms with van der Waals surface area (Å²) in [6.07, 6.45) is 5.15. The Bertz CT molecular complexity index is 825. The second kappa shape index (κ2) is 20.7. The highest BCUT2D eigenvalue weighted by Gasteiger charge is 2.31. The minimum atomic E-state index is -0.915. The molecule has 1 unspecified atom stereocenters. The van der Waals surface area contributed by atoms with Gasteiger partial charge in [0.25, 0.3) is 0 Å². The van der Waals surface area contributed by atoms with E-state index in [1.165, 1.54) is 0 Å². The Kier molecular flexibility index (Phi) is 17.7. The molecule has 0 aliphatic carbocycles. The predicted octanol–water partition coefficient (Wildman–Crippen LogP) is -0.156. The van der Waals surface area contributed by atoms with E-state index in [0.29, 0.717) is 32.5 Å². The van der Waals surface area contributed by atoms with Gasteiger partial charge in [0.15, 0.2) is 5.96 Å². The average molecular weight is 535 g/mol. The summed E-state index contributed by atoms with van der Waals surface area (Å²) in [6, 6.07) is 9.57. The lowest BCUT2D eigenvalue weighted by Gasteiger charge is -2.22. The van der Waals surface area contributed by atoms with Gasteiger partial charge in [0, 0.05) is 25.3 Å².